The number of nitrogens with zero attached hydrogens (tertiary/aromatic N) is 1. The molecular weight excluding hydrogens is 424 g/mol. The average molecular weight is 438 g/mol. The quantitative estimate of drug-likeness (QED) is 0.394. The van der Waals surface area contributed by atoms with E-state index in [1.54, 1.807) is 0 Å². The summed E-state index contributed by atoms with van der Waals surface area (Å²) in [5, 5.41) is 4.44. The minimum Gasteiger partial charge on any atom is -0.321 e. The van der Waals surface area contributed by atoms with Gasteiger partial charge < -0.3 is 5.32 Å². The van der Waals surface area contributed by atoms with Crippen molar-refractivity contribution in [1.29, 1.82) is 0 Å². The lowest BCUT2D eigenvalue weighted by Gasteiger charge is -2.11. The first-order valence-electron chi connectivity index (χ1n) is 8.33. The number of fused-ring (bicyclic) bond motifs is 1. The molecule has 0 saturated heterocycles. The van der Waals surface area contributed by atoms with Gasteiger partial charge >= 0.3 is 0 Å². The van der Waals surface area contributed by atoms with Crippen LogP contribution < -0.4 is 5.32 Å². The van der Waals surface area contributed by atoms with Gasteiger partial charge in [-0.2, -0.15) is 0 Å². The first-order chi connectivity index (χ1) is 13.1. The number of rotatable bonds is 3. The topological polar surface area (TPSA) is 42.0 Å². The summed E-state index contributed by atoms with van der Waals surface area (Å²) in [6.07, 6.45) is 0. The van der Waals surface area contributed by atoms with E-state index in [0.717, 1.165) is 32.3 Å². The second kappa shape index (κ2) is 7.51. The van der Waals surface area contributed by atoms with E-state index < -0.39 is 0 Å². The third-order valence-corrected chi connectivity index (χ3v) is 5.17. The van der Waals surface area contributed by atoms with Crippen molar-refractivity contribution in [2.24, 2.45) is 0 Å². The molecule has 0 bridgehead atoms. The van der Waals surface area contributed by atoms with E-state index in [-0.39, 0.29) is 5.91 Å². The van der Waals surface area contributed by atoms with Gasteiger partial charge in [-0.25, -0.2) is 4.98 Å². The van der Waals surface area contributed by atoms with Gasteiger partial charge in [0.25, 0.3) is 5.91 Å². The zero-order valence-electron chi connectivity index (χ0n) is 14.1. The molecule has 4 aromatic rings. The molecule has 1 aromatic heterocycles. The molecule has 5 heteroatoms. The molecule has 3 aromatic carbocycles. The number of amides is 1. The normalized spacial score (nSPS) is 10.7. The zero-order valence-corrected chi connectivity index (χ0v) is 16.5. The number of halogens is 2. The van der Waals surface area contributed by atoms with Gasteiger partial charge in [0.2, 0.25) is 0 Å². The number of hydrogen-bond acceptors (Lipinski definition) is 2. The predicted octanol–water partition coefficient (Wildman–Crippen LogP) is 6.57. The summed E-state index contributed by atoms with van der Waals surface area (Å²) in [6, 6.07) is 24.4. The van der Waals surface area contributed by atoms with Gasteiger partial charge in [-0.15, -0.1) is 0 Å². The van der Waals surface area contributed by atoms with Crippen LogP contribution in [-0.4, -0.2) is 10.9 Å². The third-order valence-electron chi connectivity index (χ3n) is 4.22. The maximum atomic E-state index is 13.0. The van der Waals surface area contributed by atoms with Crippen LogP contribution in [0.1, 0.15) is 10.4 Å². The van der Waals surface area contributed by atoms with Gasteiger partial charge in [-0.3, -0.25) is 4.79 Å². The molecule has 0 radical (unpaired) electrons. The highest BCUT2D eigenvalue weighted by Crippen LogP contribution is 2.28. The van der Waals surface area contributed by atoms with Crippen molar-refractivity contribution in [3.8, 4) is 11.3 Å². The van der Waals surface area contributed by atoms with E-state index in [1.165, 1.54) is 0 Å². The van der Waals surface area contributed by atoms with E-state index in [1.807, 2.05) is 78.9 Å². The zero-order chi connectivity index (χ0) is 18.8. The number of para-hydroxylation sites is 2. The van der Waals surface area contributed by atoms with Crippen LogP contribution in [0.4, 0.5) is 5.69 Å². The van der Waals surface area contributed by atoms with Crippen molar-refractivity contribution in [3.63, 3.8) is 0 Å². The molecule has 1 N–H and O–H groups in total. The number of carbonyl (C=O) groups excluding carboxylic acids is 1. The fourth-order valence-electron chi connectivity index (χ4n) is 2.88. The second-order valence-corrected chi connectivity index (χ2v) is 7.30. The molecule has 0 unspecified atom stereocenters. The van der Waals surface area contributed by atoms with Crippen LogP contribution in [0.5, 0.6) is 0 Å². The molecule has 0 aliphatic carbocycles. The van der Waals surface area contributed by atoms with E-state index in [2.05, 4.69) is 21.2 Å². The summed E-state index contributed by atoms with van der Waals surface area (Å²) in [5.41, 5.74) is 3.68. The Kier molecular flexibility index (Phi) is 4.92. The summed E-state index contributed by atoms with van der Waals surface area (Å²) >= 11 is 9.46. The molecule has 132 valence electrons. The Labute approximate surface area is 170 Å². The number of aromatic nitrogens is 1. The number of pyridine rings is 1. The van der Waals surface area contributed by atoms with Crippen molar-refractivity contribution >= 4 is 50.0 Å². The summed E-state index contributed by atoms with van der Waals surface area (Å²) < 4.78 is 0.828. The van der Waals surface area contributed by atoms with Crippen molar-refractivity contribution in [1.82, 2.24) is 4.98 Å². The van der Waals surface area contributed by atoms with Crippen LogP contribution in [0, 0.1) is 0 Å². The van der Waals surface area contributed by atoms with Gasteiger partial charge in [0.05, 0.1) is 22.5 Å². The number of nitrogens with one attached hydrogen (secondary N) is 1. The van der Waals surface area contributed by atoms with Crippen LogP contribution in [0.25, 0.3) is 22.2 Å². The number of hydrogen-bond donors (Lipinski definition) is 1. The summed E-state index contributed by atoms with van der Waals surface area (Å²) in [4.78, 5) is 17.7. The molecule has 0 spiro atoms. The lowest BCUT2D eigenvalue weighted by molar-refractivity contribution is 0.102. The molecule has 1 amide bonds. The monoisotopic (exact) mass is 436 g/mol. The Balaban J connectivity index is 1.82. The van der Waals surface area contributed by atoms with Crippen LogP contribution in [0.15, 0.2) is 83.3 Å². The van der Waals surface area contributed by atoms with Crippen LogP contribution in [0.2, 0.25) is 5.02 Å². The molecule has 0 aliphatic rings. The van der Waals surface area contributed by atoms with Crippen molar-refractivity contribution in [3.05, 3.63) is 93.9 Å². The van der Waals surface area contributed by atoms with Crippen molar-refractivity contribution in [2.45, 2.75) is 0 Å². The maximum absolute atomic E-state index is 13.0. The molecule has 0 atom stereocenters. The highest BCUT2D eigenvalue weighted by atomic mass is 79.9. The minimum absolute atomic E-state index is 0.185. The Morgan fingerprint density at radius 1 is 0.926 bits per heavy atom. The largest absolute Gasteiger partial charge is 0.321 e. The van der Waals surface area contributed by atoms with Crippen LogP contribution in [-0.2, 0) is 0 Å². The van der Waals surface area contributed by atoms with E-state index >= 15 is 0 Å². The number of anilines is 1. The Morgan fingerprint density at radius 2 is 1.63 bits per heavy atom. The molecule has 3 nitrogen and oxygen atoms in total. The SMILES string of the molecule is O=C(Nc1ccccc1Br)c1cc(-c2ccc(Cl)cc2)nc2ccccc12. The second-order valence-electron chi connectivity index (χ2n) is 6.01. The smallest absolute Gasteiger partial charge is 0.256 e. The van der Waals surface area contributed by atoms with Crippen LogP contribution in [0.3, 0.4) is 0 Å². The minimum atomic E-state index is -0.185. The van der Waals surface area contributed by atoms with Crippen molar-refractivity contribution < 1.29 is 4.79 Å². The lowest BCUT2D eigenvalue weighted by Crippen LogP contribution is -2.13. The number of carbonyl (C=O) groups is 1. The average Bonchev–Trinajstić information content (AvgIpc) is 2.69. The summed E-state index contributed by atoms with van der Waals surface area (Å²) in [7, 11) is 0. The lowest BCUT2D eigenvalue weighted by atomic mass is 10.0. The van der Waals surface area contributed by atoms with E-state index in [9.17, 15) is 4.79 Å². The van der Waals surface area contributed by atoms with E-state index in [0.29, 0.717) is 10.6 Å². The highest BCUT2D eigenvalue weighted by Gasteiger charge is 2.15. The van der Waals surface area contributed by atoms with Gasteiger partial charge in [0.1, 0.15) is 0 Å². The molecule has 0 saturated carbocycles. The fraction of sp³-hybridized carbons (Fsp3) is 0. The standard InChI is InChI=1S/C22H14BrClN2O/c23-18-6-2-4-8-20(18)26-22(27)17-13-21(14-9-11-15(24)12-10-14)25-19-7-3-1-5-16(17)19/h1-13H,(H,26,27). The van der Waals surface area contributed by atoms with Gasteiger partial charge in [-0.05, 0) is 52.3 Å². The predicted molar refractivity (Wildman–Crippen MR) is 114 cm³/mol. The van der Waals surface area contributed by atoms with E-state index in [4.69, 9.17) is 16.6 Å². The summed E-state index contributed by atoms with van der Waals surface area (Å²) in [6.45, 7) is 0. The molecule has 1 heterocycles. The van der Waals surface area contributed by atoms with Gasteiger partial charge in [0.15, 0.2) is 0 Å². The third kappa shape index (κ3) is 3.72. The molecule has 27 heavy (non-hydrogen) atoms. The van der Waals surface area contributed by atoms with Gasteiger partial charge in [-0.1, -0.05) is 54.1 Å². The Hall–Kier alpha value is -2.69. The molecule has 0 aliphatic heterocycles. The van der Waals surface area contributed by atoms with Crippen LogP contribution >= 0.6 is 27.5 Å². The fourth-order valence-corrected chi connectivity index (χ4v) is 3.39. The number of benzene rings is 3. The molecule has 0 fully saturated rings. The van der Waals surface area contributed by atoms with Crippen molar-refractivity contribution in [2.75, 3.05) is 5.32 Å². The first-order valence-corrected chi connectivity index (χ1v) is 9.50. The summed E-state index contributed by atoms with van der Waals surface area (Å²) in [5.74, 6) is -0.185. The highest BCUT2D eigenvalue weighted by molar-refractivity contribution is 9.10. The Bertz CT molecular complexity index is 1140. The maximum Gasteiger partial charge on any atom is 0.256 e. The Morgan fingerprint density at radius 3 is 2.41 bits per heavy atom. The van der Waals surface area contributed by atoms with Gasteiger partial charge in [0, 0.05) is 20.4 Å². The molecular formula is C22H14BrClN2O. The molecule has 4 rings (SSSR count). The first kappa shape index (κ1) is 17.7.